The van der Waals surface area contributed by atoms with E-state index in [9.17, 15) is 13.2 Å². The Balaban J connectivity index is 0.00000106. The normalized spacial score (nSPS) is 11.6. The van der Waals surface area contributed by atoms with Gasteiger partial charge >= 0.3 is 6.18 Å². The van der Waals surface area contributed by atoms with Crippen LogP contribution in [-0.2, 0) is 16.4 Å². The van der Waals surface area contributed by atoms with Crippen molar-refractivity contribution in [3.63, 3.8) is 0 Å². The van der Waals surface area contributed by atoms with Crippen molar-refractivity contribution in [2.24, 2.45) is 0 Å². The fourth-order valence-electron chi connectivity index (χ4n) is 1.16. The summed E-state index contributed by atoms with van der Waals surface area (Å²) in [4.78, 5) is 8.00. The Labute approximate surface area is 93.3 Å². The average molecular weight is 232 g/mol. The van der Waals surface area contributed by atoms with E-state index in [0.29, 0.717) is 0 Å². The fraction of sp³-hybridized carbons (Fsp3) is 0.417. The Morgan fingerprint density at radius 3 is 1.44 bits per heavy atom. The maximum atomic E-state index is 12.2. The first kappa shape index (κ1) is 14.7. The third-order valence-corrected chi connectivity index (χ3v) is 2.08. The van der Waals surface area contributed by atoms with E-state index in [1.165, 1.54) is 12.1 Å². The van der Waals surface area contributed by atoms with E-state index in [1.807, 2.05) is 27.6 Å². The van der Waals surface area contributed by atoms with Crippen LogP contribution in [0.1, 0.15) is 31.9 Å². The zero-order valence-electron chi connectivity index (χ0n) is 9.56. The van der Waals surface area contributed by atoms with E-state index in [0.717, 1.165) is 17.7 Å². The van der Waals surface area contributed by atoms with Crippen molar-refractivity contribution in [3.05, 3.63) is 35.4 Å². The van der Waals surface area contributed by atoms with E-state index in [1.54, 1.807) is 0 Å². The summed E-state index contributed by atoms with van der Waals surface area (Å²) in [6, 6.07) is 5.31. The van der Waals surface area contributed by atoms with Crippen LogP contribution in [0.2, 0.25) is 0 Å². The second-order valence-electron chi connectivity index (χ2n) is 4.33. The fourth-order valence-corrected chi connectivity index (χ4v) is 1.16. The molecular weight excluding hydrogens is 217 g/mol. The highest BCUT2D eigenvalue weighted by atomic mass is 19.4. The van der Waals surface area contributed by atoms with Crippen molar-refractivity contribution in [1.29, 1.82) is 0 Å². The lowest BCUT2D eigenvalue weighted by Crippen LogP contribution is -2.12. The van der Waals surface area contributed by atoms with Crippen molar-refractivity contribution in [2.75, 3.05) is 0 Å². The Morgan fingerprint density at radius 2 is 1.19 bits per heavy atom. The van der Waals surface area contributed by atoms with Crippen molar-refractivity contribution in [2.45, 2.75) is 32.4 Å². The van der Waals surface area contributed by atoms with Gasteiger partial charge in [-0.1, -0.05) is 32.9 Å². The molecule has 0 aromatic heterocycles. The molecule has 0 aliphatic carbocycles. The van der Waals surface area contributed by atoms with E-state index in [2.05, 4.69) is 0 Å². The second kappa shape index (κ2) is 5.14. The van der Waals surface area contributed by atoms with Crippen LogP contribution in [0.25, 0.3) is 0 Å². The lowest BCUT2D eigenvalue weighted by atomic mass is 9.87. The number of benzene rings is 1. The van der Waals surface area contributed by atoms with Gasteiger partial charge in [0.05, 0.1) is 5.56 Å². The van der Waals surface area contributed by atoms with Gasteiger partial charge in [-0.25, -0.2) is 0 Å². The molecule has 0 fully saturated rings. The molecule has 16 heavy (non-hydrogen) atoms. The molecule has 1 aromatic rings. The van der Waals surface area contributed by atoms with E-state index in [-0.39, 0.29) is 5.41 Å². The van der Waals surface area contributed by atoms with Crippen LogP contribution in [0.4, 0.5) is 13.2 Å². The Bertz CT molecular complexity index is 287. The molecule has 4 heteroatoms. The van der Waals surface area contributed by atoms with Crippen LogP contribution in [0.15, 0.2) is 24.3 Å². The lowest BCUT2D eigenvalue weighted by molar-refractivity contribution is -0.137. The molecule has 0 heterocycles. The minimum Gasteiger partial charge on any atom is -0.307 e. The third-order valence-electron chi connectivity index (χ3n) is 2.08. The quantitative estimate of drug-likeness (QED) is 0.664. The number of hydrogen-bond donors (Lipinski definition) is 0. The van der Waals surface area contributed by atoms with Gasteiger partial charge in [-0.15, -0.1) is 0 Å². The molecule has 0 radical (unpaired) electrons. The monoisotopic (exact) mass is 232 g/mol. The number of carbonyl (C=O) groups is 1. The predicted octanol–water partition coefficient (Wildman–Crippen LogP) is 3.82. The highest BCUT2D eigenvalue weighted by molar-refractivity contribution is 5.28. The summed E-state index contributed by atoms with van der Waals surface area (Å²) in [6.07, 6.45) is -4.24. The summed E-state index contributed by atoms with van der Waals surface area (Å²) in [5.41, 5.74) is 0.209. The maximum Gasteiger partial charge on any atom is 0.416 e. The summed E-state index contributed by atoms with van der Waals surface area (Å²) >= 11 is 0. The molecule has 1 nitrogen and oxygen atoms in total. The molecule has 1 rings (SSSR count). The molecule has 0 saturated heterocycles. The standard InChI is InChI=1S/C11H13F3.CH2O/c1-10(2,3)8-4-6-9(7-5-8)11(12,13)14;1-2/h4-7H,1-3H3;1H2. The smallest absolute Gasteiger partial charge is 0.307 e. The minimum atomic E-state index is -4.24. The summed E-state index contributed by atoms with van der Waals surface area (Å²) in [7, 11) is 0. The Morgan fingerprint density at radius 1 is 0.875 bits per heavy atom. The first-order valence-electron chi connectivity index (χ1n) is 4.68. The van der Waals surface area contributed by atoms with Gasteiger partial charge in [0.2, 0.25) is 0 Å². The van der Waals surface area contributed by atoms with E-state index >= 15 is 0 Å². The number of hydrogen-bond acceptors (Lipinski definition) is 1. The van der Waals surface area contributed by atoms with Gasteiger partial charge in [0, 0.05) is 0 Å². The zero-order chi connectivity index (χ0) is 13.0. The maximum absolute atomic E-state index is 12.2. The van der Waals surface area contributed by atoms with Gasteiger partial charge in [0.15, 0.2) is 0 Å². The highest BCUT2D eigenvalue weighted by Gasteiger charge is 2.30. The van der Waals surface area contributed by atoms with Crippen molar-refractivity contribution >= 4 is 6.79 Å². The van der Waals surface area contributed by atoms with Crippen LogP contribution in [0.3, 0.4) is 0 Å². The molecule has 0 aliphatic rings. The van der Waals surface area contributed by atoms with Gasteiger partial charge in [0.25, 0.3) is 0 Å². The molecule has 0 bridgehead atoms. The Hall–Kier alpha value is -1.32. The number of halogens is 3. The molecule has 0 saturated carbocycles. The largest absolute Gasteiger partial charge is 0.416 e. The molecule has 90 valence electrons. The first-order valence-corrected chi connectivity index (χ1v) is 4.68. The summed E-state index contributed by atoms with van der Waals surface area (Å²) < 4.78 is 36.6. The Kier molecular flexibility index (Phi) is 4.72. The number of carbonyl (C=O) groups excluding carboxylic acids is 1. The third kappa shape index (κ3) is 4.04. The van der Waals surface area contributed by atoms with Crippen LogP contribution in [0, 0.1) is 0 Å². The molecule has 0 unspecified atom stereocenters. The van der Waals surface area contributed by atoms with Crippen molar-refractivity contribution < 1.29 is 18.0 Å². The topological polar surface area (TPSA) is 17.1 Å². The van der Waals surface area contributed by atoms with Gasteiger partial charge in [-0.2, -0.15) is 13.2 Å². The molecular formula is C12H15F3O. The molecule has 0 spiro atoms. The number of alkyl halides is 3. The van der Waals surface area contributed by atoms with Crippen LogP contribution in [0.5, 0.6) is 0 Å². The first-order chi connectivity index (χ1) is 7.21. The zero-order valence-corrected chi connectivity index (χ0v) is 9.56. The molecule has 0 N–H and O–H groups in total. The average Bonchev–Trinajstić information content (AvgIpc) is 2.18. The molecule has 0 atom stereocenters. The molecule has 1 aromatic carbocycles. The van der Waals surface area contributed by atoms with Crippen LogP contribution >= 0.6 is 0 Å². The summed E-state index contributed by atoms with van der Waals surface area (Å²) in [5, 5.41) is 0. The summed E-state index contributed by atoms with van der Waals surface area (Å²) in [6.45, 7) is 7.90. The van der Waals surface area contributed by atoms with Gasteiger partial charge in [-0.3, -0.25) is 0 Å². The van der Waals surface area contributed by atoms with Gasteiger partial charge in [-0.05, 0) is 23.1 Å². The number of rotatable bonds is 0. The summed E-state index contributed by atoms with van der Waals surface area (Å²) in [5.74, 6) is 0. The predicted molar refractivity (Wildman–Crippen MR) is 57.3 cm³/mol. The minimum absolute atomic E-state index is 0.107. The van der Waals surface area contributed by atoms with Crippen LogP contribution in [-0.4, -0.2) is 6.79 Å². The second-order valence-corrected chi connectivity index (χ2v) is 4.33. The SMILES string of the molecule is C=O.CC(C)(C)c1ccc(C(F)(F)F)cc1. The van der Waals surface area contributed by atoms with Gasteiger partial charge in [0.1, 0.15) is 6.79 Å². The van der Waals surface area contributed by atoms with Crippen molar-refractivity contribution in [1.82, 2.24) is 0 Å². The van der Waals surface area contributed by atoms with Crippen molar-refractivity contribution in [3.8, 4) is 0 Å². The highest BCUT2D eigenvalue weighted by Crippen LogP contribution is 2.31. The van der Waals surface area contributed by atoms with Crippen LogP contribution < -0.4 is 0 Å². The van der Waals surface area contributed by atoms with Gasteiger partial charge < -0.3 is 4.79 Å². The lowest BCUT2D eigenvalue weighted by Gasteiger charge is -2.19. The molecule has 0 amide bonds. The van der Waals surface area contributed by atoms with E-state index < -0.39 is 11.7 Å². The van der Waals surface area contributed by atoms with E-state index in [4.69, 9.17) is 4.79 Å². The molecule has 0 aliphatic heterocycles.